The van der Waals surface area contributed by atoms with Crippen LogP contribution >= 0.6 is 0 Å². The van der Waals surface area contributed by atoms with Crippen molar-refractivity contribution < 1.29 is 18.4 Å². The van der Waals surface area contributed by atoms with E-state index in [1.54, 1.807) is 17.0 Å². The van der Waals surface area contributed by atoms with Crippen LogP contribution in [0.2, 0.25) is 0 Å². The lowest BCUT2D eigenvalue weighted by molar-refractivity contribution is -0.129. The van der Waals surface area contributed by atoms with Crippen molar-refractivity contribution in [1.29, 1.82) is 0 Å². The molecule has 154 valence electrons. The molecular weight excluding hydrogens is 385 g/mol. The van der Waals surface area contributed by atoms with Crippen LogP contribution in [0.15, 0.2) is 53.1 Å². The van der Waals surface area contributed by atoms with E-state index in [1.165, 1.54) is 12.1 Å². The molecule has 1 aromatic heterocycles. The highest BCUT2D eigenvalue weighted by Gasteiger charge is 2.30. The maximum atomic E-state index is 13.3. The Morgan fingerprint density at radius 1 is 1.17 bits per heavy atom. The summed E-state index contributed by atoms with van der Waals surface area (Å²) in [6.45, 7) is 1.18. The summed E-state index contributed by atoms with van der Waals surface area (Å²) in [5, 5.41) is 4.06. The molecule has 7 heteroatoms. The van der Waals surface area contributed by atoms with Crippen LogP contribution < -0.4 is 4.74 Å². The Bertz CT molecular complexity index is 1050. The standard InChI is InChI=1S/C23H22FN3O3/c24-18-3-1-2-15(12-18)13-21(28)27-11-10-20(14-27)29-19-8-6-16(7-9-19)22-25-23(30-26-22)17-4-5-17/h1-3,6-9,12,17,20H,4-5,10-11,13-14H2. The normalized spacial score (nSPS) is 18.6. The number of nitrogens with zero attached hydrogens (tertiary/aromatic N) is 3. The Labute approximate surface area is 173 Å². The van der Waals surface area contributed by atoms with Gasteiger partial charge in [-0.05, 0) is 54.8 Å². The average Bonchev–Trinajstić information content (AvgIpc) is 3.28. The fourth-order valence-electron chi connectivity index (χ4n) is 3.71. The van der Waals surface area contributed by atoms with Crippen molar-refractivity contribution in [1.82, 2.24) is 15.0 Å². The molecule has 0 N–H and O–H groups in total. The number of ether oxygens (including phenoxy) is 1. The number of hydrogen-bond donors (Lipinski definition) is 0. The van der Waals surface area contributed by atoms with Gasteiger partial charge in [-0.2, -0.15) is 4.98 Å². The van der Waals surface area contributed by atoms with Gasteiger partial charge in [-0.1, -0.05) is 17.3 Å². The van der Waals surface area contributed by atoms with Crippen molar-refractivity contribution >= 4 is 5.91 Å². The topological polar surface area (TPSA) is 68.5 Å². The summed E-state index contributed by atoms with van der Waals surface area (Å²) in [6.07, 6.45) is 3.16. The van der Waals surface area contributed by atoms with Crippen molar-refractivity contribution in [2.45, 2.75) is 37.7 Å². The molecule has 0 bridgehead atoms. The van der Waals surface area contributed by atoms with Crippen molar-refractivity contribution in [2.75, 3.05) is 13.1 Å². The molecule has 2 fully saturated rings. The second kappa shape index (κ2) is 7.89. The minimum Gasteiger partial charge on any atom is -0.489 e. The summed E-state index contributed by atoms with van der Waals surface area (Å²) in [4.78, 5) is 18.7. The van der Waals surface area contributed by atoms with E-state index in [-0.39, 0.29) is 24.2 Å². The van der Waals surface area contributed by atoms with Gasteiger partial charge in [0.15, 0.2) is 0 Å². The van der Waals surface area contributed by atoms with Crippen LogP contribution in [-0.2, 0) is 11.2 Å². The maximum Gasteiger partial charge on any atom is 0.230 e. The van der Waals surface area contributed by atoms with Crippen LogP contribution in [-0.4, -0.2) is 40.1 Å². The van der Waals surface area contributed by atoms with Crippen LogP contribution in [0.5, 0.6) is 5.75 Å². The van der Waals surface area contributed by atoms with Crippen molar-refractivity contribution in [3.05, 3.63) is 65.8 Å². The second-order valence-electron chi connectivity index (χ2n) is 7.93. The van der Waals surface area contributed by atoms with Crippen molar-refractivity contribution in [2.24, 2.45) is 0 Å². The Kier molecular flexibility index (Phi) is 4.94. The second-order valence-corrected chi connectivity index (χ2v) is 7.93. The molecule has 1 aliphatic carbocycles. The molecule has 2 heterocycles. The summed E-state index contributed by atoms with van der Waals surface area (Å²) < 4.78 is 24.7. The van der Waals surface area contributed by atoms with Gasteiger partial charge in [0.2, 0.25) is 17.6 Å². The minimum atomic E-state index is -0.323. The first-order valence-corrected chi connectivity index (χ1v) is 10.3. The van der Waals surface area contributed by atoms with Gasteiger partial charge < -0.3 is 14.2 Å². The molecular formula is C23H22FN3O3. The van der Waals surface area contributed by atoms with E-state index in [2.05, 4.69) is 10.1 Å². The van der Waals surface area contributed by atoms with Crippen LogP contribution in [0.25, 0.3) is 11.4 Å². The van der Waals surface area contributed by atoms with Gasteiger partial charge in [-0.25, -0.2) is 4.39 Å². The summed E-state index contributed by atoms with van der Waals surface area (Å²) in [7, 11) is 0. The number of halogens is 1. The monoisotopic (exact) mass is 407 g/mol. The molecule has 5 rings (SSSR count). The van der Waals surface area contributed by atoms with E-state index in [0.717, 1.165) is 36.5 Å². The van der Waals surface area contributed by atoms with Crippen LogP contribution in [0.4, 0.5) is 4.39 Å². The lowest BCUT2D eigenvalue weighted by Crippen LogP contribution is -2.32. The zero-order valence-electron chi connectivity index (χ0n) is 16.5. The predicted molar refractivity (Wildman–Crippen MR) is 107 cm³/mol. The fraction of sp³-hybridized carbons (Fsp3) is 0.348. The molecule has 1 saturated carbocycles. The predicted octanol–water partition coefficient (Wildman–Crippen LogP) is 3.98. The van der Waals surface area contributed by atoms with Crippen molar-refractivity contribution in [3.8, 4) is 17.1 Å². The van der Waals surface area contributed by atoms with Crippen LogP contribution in [0.3, 0.4) is 0 Å². The van der Waals surface area contributed by atoms with E-state index in [0.29, 0.717) is 30.4 Å². The molecule has 1 aliphatic heterocycles. The third kappa shape index (κ3) is 4.20. The Morgan fingerprint density at radius 3 is 2.77 bits per heavy atom. The number of benzene rings is 2. The number of aromatic nitrogens is 2. The lowest BCUT2D eigenvalue weighted by Gasteiger charge is -2.17. The molecule has 0 radical (unpaired) electrons. The van der Waals surface area contributed by atoms with Crippen molar-refractivity contribution in [3.63, 3.8) is 0 Å². The van der Waals surface area contributed by atoms with Gasteiger partial charge >= 0.3 is 0 Å². The minimum absolute atomic E-state index is 0.00868. The first-order chi connectivity index (χ1) is 14.6. The average molecular weight is 407 g/mol. The molecule has 2 aliphatic rings. The van der Waals surface area contributed by atoms with E-state index in [9.17, 15) is 9.18 Å². The fourth-order valence-corrected chi connectivity index (χ4v) is 3.71. The molecule has 1 saturated heterocycles. The first-order valence-electron chi connectivity index (χ1n) is 10.3. The Morgan fingerprint density at radius 2 is 2.00 bits per heavy atom. The van der Waals surface area contributed by atoms with Gasteiger partial charge in [0.25, 0.3) is 0 Å². The lowest BCUT2D eigenvalue weighted by atomic mass is 10.1. The summed E-state index contributed by atoms with van der Waals surface area (Å²) >= 11 is 0. The van der Waals surface area contributed by atoms with Crippen LogP contribution in [0.1, 0.15) is 36.6 Å². The van der Waals surface area contributed by atoms with Gasteiger partial charge in [0.1, 0.15) is 17.7 Å². The number of carbonyl (C=O) groups excluding carboxylic acids is 1. The Hall–Kier alpha value is -3.22. The molecule has 3 aromatic rings. The Balaban J connectivity index is 1.16. The van der Waals surface area contributed by atoms with E-state index < -0.39 is 0 Å². The summed E-state index contributed by atoms with van der Waals surface area (Å²) in [6, 6.07) is 13.8. The summed E-state index contributed by atoms with van der Waals surface area (Å²) in [5.41, 5.74) is 1.57. The SMILES string of the molecule is O=C(Cc1cccc(F)c1)N1CCC(Oc2ccc(-c3noc(C4CC4)n3)cc2)C1. The highest BCUT2D eigenvalue weighted by Crippen LogP contribution is 2.39. The first kappa shape index (κ1) is 18.8. The number of hydrogen-bond acceptors (Lipinski definition) is 5. The molecule has 1 unspecified atom stereocenters. The molecule has 1 atom stereocenters. The highest BCUT2D eigenvalue weighted by molar-refractivity contribution is 5.79. The molecule has 1 amide bonds. The van der Waals surface area contributed by atoms with E-state index in [4.69, 9.17) is 9.26 Å². The van der Waals surface area contributed by atoms with E-state index in [1.807, 2.05) is 24.3 Å². The molecule has 2 aromatic carbocycles. The van der Waals surface area contributed by atoms with Gasteiger partial charge in [0.05, 0.1) is 13.0 Å². The quantitative estimate of drug-likeness (QED) is 0.618. The number of likely N-dealkylation sites (tertiary alicyclic amines) is 1. The van der Waals surface area contributed by atoms with Gasteiger partial charge in [-0.15, -0.1) is 0 Å². The zero-order chi connectivity index (χ0) is 20.5. The van der Waals surface area contributed by atoms with Gasteiger partial charge in [0, 0.05) is 24.4 Å². The highest BCUT2D eigenvalue weighted by atomic mass is 19.1. The molecule has 0 spiro atoms. The molecule has 30 heavy (non-hydrogen) atoms. The number of amides is 1. The zero-order valence-corrected chi connectivity index (χ0v) is 16.5. The number of carbonyl (C=O) groups is 1. The van der Waals surface area contributed by atoms with Gasteiger partial charge in [-0.3, -0.25) is 4.79 Å². The van der Waals surface area contributed by atoms with E-state index >= 15 is 0 Å². The third-order valence-electron chi connectivity index (χ3n) is 5.53. The van der Waals surface area contributed by atoms with Crippen LogP contribution in [0, 0.1) is 5.82 Å². The largest absolute Gasteiger partial charge is 0.489 e. The number of rotatable bonds is 6. The third-order valence-corrected chi connectivity index (χ3v) is 5.53. The maximum absolute atomic E-state index is 13.3. The molecule has 6 nitrogen and oxygen atoms in total. The summed E-state index contributed by atoms with van der Waals surface area (Å²) in [5.74, 6) is 2.16. The smallest absolute Gasteiger partial charge is 0.230 e.